The molecular weight excluding hydrogens is 283 g/mol. The van der Waals surface area contributed by atoms with Crippen molar-refractivity contribution in [1.82, 2.24) is 10.3 Å². The molecule has 0 saturated carbocycles. The largest absolute Gasteiger partial charge is 0.435 e. The zero-order valence-corrected chi connectivity index (χ0v) is 11.4. The van der Waals surface area contributed by atoms with Crippen molar-refractivity contribution in [3.8, 4) is 0 Å². The monoisotopic (exact) mass is 299 g/mol. The molecule has 1 aromatic heterocycles. The van der Waals surface area contributed by atoms with Crippen molar-refractivity contribution in [2.24, 2.45) is 5.41 Å². The quantitative estimate of drug-likeness (QED) is 0.865. The molecule has 2 saturated heterocycles. The minimum absolute atomic E-state index is 0.127. The van der Waals surface area contributed by atoms with Crippen molar-refractivity contribution in [2.45, 2.75) is 25.4 Å². The number of halogens is 3. The van der Waals surface area contributed by atoms with E-state index >= 15 is 0 Å². The highest BCUT2D eigenvalue weighted by molar-refractivity contribution is 6.00. The highest BCUT2D eigenvalue weighted by atomic mass is 19.4. The molecule has 4 nitrogen and oxygen atoms in total. The van der Waals surface area contributed by atoms with E-state index in [-0.39, 0.29) is 11.6 Å². The lowest BCUT2D eigenvalue weighted by atomic mass is 9.79. The number of carbonyl (C=O) groups is 1. The Bertz CT molecular complexity index is 553. The van der Waals surface area contributed by atoms with Crippen LogP contribution in [0.25, 0.3) is 0 Å². The standard InChI is InChI=1S/C14H16F3N3O/c15-14(16,17)11-10(3-1-7-19-11)20-8-5-13(12(20)21)4-2-6-18-9-13/h1,3,7,18H,2,4-6,8-9H2. The van der Waals surface area contributed by atoms with Gasteiger partial charge in [0.2, 0.25) is 5.91 Å². The number of hydrogen-bond donors (Lipinski definition) is 1. The lowest BCUT2D eigenvalue weighted by Gasteiger charge is -2.32. The summed E-state index contributed by atoms with van der Waals surface area (Å²) in [7, 11) is 0. The maximum atomic E-state index is 13.0. The molecule has 0 aliphatic carbocycles. The van der Waals surface area contributed by atoms with E-state index < -0.39 is 17.3 Å². The molecule has 1 aromatic rings. The van der Waals surface area contributed by atoms with E-state index in [1.54, 1.807) is 0 Å². The Morgan fingerprint density at radius 2 is 2.14 bits per heavy atom. The van der Waals surface area contributed by atoms with Gasteiger partial charge < -0.3 is 10.2 Å². The van der Waals surface area contributed by atoms with Crippen LogP contribution < -0.4 is 10.2 Å². The lowest BCUT2D eigenvalue weighted by molar-refractivity contribution is -0.140. The first-order chi connectivity index (χ1) is 9.94. The van der Waals surface area contributed by atoms with Crippen LogP contribution in [0.4, 0.5) is 18.9 Å². The summed E-state index contributed by atoms with van der Waals surface area (Å²) in [6, 6.07) is 2.75. The zero-order valence-electron chi connectivity index (χ0n) is 11.4. The number of carbonyl (C=O) groups excluding carboxylic acids is 1. The first-order valence-corrected chi connectivity index (χ1v) is 6.99. The molecule has 1 atom stereocenters. The molecular formula is C14H16F3N3O. The van der Waals surface area contributed by atoms with Crippen LogP contribution in [0.5, 0.6) is 0 Å². The molecule has 1 spiro atoms. The Balaban J connectivity index is 1.94. The maximum absolute atomic E-state index is 13.0. The summed E-state index contributed by atoms with van der Waals surface area (Å²) in [6.07, 6.45) is -1.26. The highest BCUT2D eigenvalue weighted by Gasteiger charge is 2.49. The smallest absolute Gasteiger partial charge is 0.316 e. The third-order valence-corrected chi connectivity index (χ3v) is 4.33. The van der Waals surface area contributed by atoms with Crippen molar-refractivity contribution in [2.75, 3.05) is 24.5 Å². The zero-order chi connectivity index (χ0) is 15.1. The Kier molecular flexibility index (Phi) is 3.39. The Morgan fingerprint density at radius 1 is 1.33 bits per heavy atom. The van der Waals surface area contributed by atoms with Crippen molar-refractivity contribution in [1.29, 1.82) is 0 Å². The summed E-state index contributed by atoms with van der Waals surface area (Å²) in [6.45, 7) is 1.72. The maximum Gasteiger partial charge on any atom is 0.435 e. The van der Waals surface area contributed by atoms with Gasteiger partial charge in [0.25, 0.3) is 0 Å². The molecule has 0 radical (unpaired) electrons. The van der Waals surface area contributed by atoms with Crippen molar-refractivity contribution < 1.29 is 18.0 Å². The number of amides is 1. The molecule has 1 N–H and O–H groups in total. The molecule has 3 rings (SSSR count). The van der Waals surface area contributed by atoms with E-state index in [9.17, 15) is 18.0 Å². The van der Waals surface area contributed by atoms with Gasteiger partial charge >= 0.3 is 6.18 Å². The van der Waals surface area contributed by atoms with E-state index in [2.05, 4.69) is 10.3 Å². The van der Waals surface area contributed by atoms with Crippen LogP contribution >= 0.6 is 0 Å². The molecule has 1 amide bonds. The first-order valence-electron chi connectivity index (χ1n) is 6.99. The third kappa shape index (κ3) is 2.39. The fourth-order valence-corrected chi connectivity index (χ4v) is 3.25. The van der Waals surface area contributed by atoms with Crippen LogP contribution in [-0.2, 0) is 11.0 Å². The number of aromatic nitrogens is 1. The molecule has 0 aromatic carbocycles. The number of anilines is 1. The fraction of sp³-hybridized carbons (Fsp3) is 0.571. The summed E-state index contributed by atoms with van der Waals surface area (Å²) >= 11 is 0. The SMILES string of the molecule is O=C1N(c2cccnc2C(F)(F)F)CCC12CCCNC2. The van der Waals surface area contributed by atoms with Gasteiger partial charge in [-0.1, -0.05) is 0 Å². The lowest BCUT2D eigenvalue weighted by Crippen LogP contribution is -2.46. The first kappa shape index (κ1) is 14.3. The minimum Gasteiger partial charge on any atom is -0.316 e. The predicted molar refractivity (Wildman–Crippen MR) is 70.7 cm³/mol. The van der Waals surface area contributed by atoms with Crippen LogP contribution in [-0.4, -0.2) is 30.5 Å². The van der Waals surface area contributed by atoms with Crippen LogP contribution in [0.2, 0.25) is 0 Å². The molecule has 2 aliphatic rings. The summed E-state index contributed by atoms with van der Waals surface area (Å²) in [5.41, 5.74) is -1.66. The minimum atomic E-state index is -4.56. The molecule has 7 heteroatoms. The second-order valence-corrected chi connectivity index (χ2v) is 5.64. The van der Waals surface area contributed by atoms with Gasteiger partial charge in [-0.2, -0.15) is 13.2 Å². The number of nitrogens with zero attached hydrogens (tertiary/aromatic N) is 2. The number of hydrogen-bond acceptors (Lipinski definition) is 3. The van der Waals surface area contributed by atoms with Gasteiger partial charge in [-0.25, -0.2) is 4.98 Å². The number of nitrogens with one attached hydrogen (secondary N) is 1. The molecule has 2 aliphatic heterocycles. The highest BCUT2D eigenvalue weighted by Crippen LogP contribution is 2.42. The van der Waals surface area contributed by atoms with Gasteiger partial charge in [-0.3, -0.25) is 4.79 Å². The van der Waals surface area contributed by atoms with Crippen LogP contribution in [0.15, 0.2) is 18.3 Å². The average molecular weight is 299 g/mol. The molecule has 2 fully saturated rings. The van der Waals surface area contributed by atoms with Crippen molar-refractivity contribution in [3.05, 3.63) is 24.0 Å². The number of rotatable bonds is 1. The van der Waals surface area contributed by atoms with Gasteiger partial charge in [0, 0.05) is 19.3 Å². The second kappa shape index (κ2) is 4.98. The predicted octanol–water partition coefficient (Wildman–Crippen LogP) is 2.21. The van der Waals surface area contributed by atoms with Crippen molar-refractivity contribution in [3.63, 3.8) is 0 Å². The van der Waals surface area contributed by atoms with Gasteiger partial charge in [0.15, 0.2) is 5.69 Å². The Labute approximate surface area is 120 Å². The Morgan fingerprint density at radius 3 is 2.81 bits per heavy atom. The van der Waals surface area contributed by atoms with Gasteiger partial charge in [0.1, 0.15) is 0 Å². The number of pyridine rings is 1. The Hall–Kier alpha value is -1.63. The molecule has 114 valence electrons. The summed E-state index contributed by atoms with van der Waals surface area (Å²) < 4.78 is 39.1. The number of piperidine rings is 1. The van der Waals surface area contributed by atoms with Crippen LogP contribution in [0, 0.1) is 5.41 Å². The summed E-state index contributed by atoms with van der Waals surface area (Å²) in [4.78, 5) is 17.3. The van der Waals surface area contributed by atoms with E-state index in [4.69, 9.17) is 0 Å². The van der Waals surface area contributed by atoms with Crippen LogP contribution in [0.1, 0.15) is 25.0 Å². The van der Waals surface area contributed by atoms with Crippen LogP contribution in [0.3, 0.4) is 0 Å². The van der Waals surface area contributed by atoms with E-state index in [0.29, 0.717) is 19.5 Å². The number of alkyl halides is 3. The molecule has 21 heavy (non-hydrogen) atoms. The summed E-state index contributed by atoms with van der Waals surface area (Å²) in [5, 5.41) is 3.18. The summed E-state index contributed by atoms with van der Waals surface area (Å²) in [5.74, 6) is -0.215. The molecule has 0 bridgehead atoms. The van der Waals surface area contributed by atoms with E-state index in [0.717, 1.165) is 25.6 Å². The van der Waals surface area contributed by atoms with E-state index in [1.807, 2.05) is 0 Å². The second-order valence-electron chi connectivity index (χ2n) is 5.64. The van der Waals surface area contributed by atoms with Gasteiger partial charge in [0.05, 0.1) is 11.1 Å². The fourth-order valence-electron chi connectivity index (χ4n) is 3.25. The average Bonchev–Trinajstić information content (AvgIpc) is 2.76. The van der Waals surface area contributed by atoms with Gasteiger partial charge in [-0.15, -0.1) is 0 Å². The molecule has 1 unspecified atom stereocenters. The van der Waals surface area contributed by atoms with Crippen molar-refractivity contribution >= 4 is 11.6 Å². The normalized spacial score (nSPS) is 26.6. The van der Waals surface area contributed by atoms with Gasteiger partial charge in [-0.05, 0) is 37.9 Å². The van der Waals surface area contributed by atoms with E-state index in [1.165, 1.54) is 17.0 Å². The topological polar surface area (TPSA) is 45.2 Å². The molecule has 3 heterocycles. The third-order valence-electron chi connectivity index (χ3n) is 4.33.